The number of likely N-dealkylation sites (N-methyl/N-ethyl adjacent to an activating group) is 1. The third kappa shape index (κ3) is 3.18. The lowest BCUT2D eigenvalue weighted by atomic mass is 10.1. The Morgan fingerprint density at radius 2 is 1.68 bits per heavy atom. The van der Waals surface area contributed by atoms with E-state index in [0.29, 0.717) is 17.8 Å². The van der Waals surface area contributed by atoms with E-state index < -0.39 is 5.69 Å². The van der Waals surface area contributed by atoms with Gasteiger partial charge in [-0.3, -0.25) is 14.7 Å². The molecule has 2 aromatic rings. The summed E-state index contributed by atoms with van der Waals surface area (Å²) >= 11 is 0. The van der Waals surface area contributed by atoms with Gasteiger partial charge in [0.25, 0.3) is 5.56 Å². The summed E-state index contributed by atoms with van der Waals surface area (Å²) in [6, 6.07) is 9.51. The van der Waals surface area contributed by atoms with Gasteiger partial charge < -0.3 is 9.88 Å². The smallest absolute Gasteiger partial charge is 0.307 e. The monoisotopic (exact) mass is 300 g/mol. The Morgan fingerprint density at radius 1 is 1.00 bits per heavy atom. The molecule has 6 nitrogen and oxygen atoms in total. The standard InChI is InChI=1S/C16H20N4O2/c1-19-7-9-20(10-8-19)11-13-14(12-5-3-2-4-6-12)17-16(22)18-15(13)21/h2-6H,7-11H2,1H3,(H2,17,18,21,22). The van der Waals surface area contributed by atoms with Crippen molar-refractivity contribution in [1.29, 1.82) is 0 Å². The Morgan fingerprint density at radius 3 is 2.36 bits per heavy atom. The maximum Gasteiger partial charge on any atom is 0.326 e. The summed E-state index contributed by atoms with van der Waals surface area (Å²) in [5.41, 5.74) is 1.32. The van der Waals surface area contributed by atoms with Crippen LogP contribution in [-0.4, -0.2) is 53.0 Å². The van der Waals surface area contributed by atoms with Crippen molar-refractivity contribution in [3.05, 3.63) is 56.7 Å². The lowest BCUT2D eigenvalue weighted by molar-refractivity contribution is 0.148. The lowest BCUT2D eigenvalue weighted by Crippen LogP contribution is -2.45. The van der Waals surface area contributed by atoms with Crippen molar-refractivity contribution in [3.63, 3.8) is 0 Å². The van der Waals surface area contributed by atoms with Crippen molar-refractivity contribution in [1.82, 2.24) is 19.8 Å². The van der Waals surface area contributed by atoms with Crippen molar-refractivity contribution < 1.29 is 0 Å². The van der Waals surface area contributed by atoms with Crippen molar-refractivity contribution in [2.45, 2.75) is 6.54 Å². The van der Waals surface area contributed by atoms with E-state index in [4.69, 9.17) is 0 Å². The molecule has 1 aliphatic rings. The first-order valence-electron chi connectivity index (χ1n) is 7.45. The normalized spacial score (nSPS) is 16.8. The van der Waals surface area contributed by atoms with Gasteiger partial charge in [0.15, 0.2) is 0 Å². The molecule has 1 aromatic heterocycles. The van der Waals surface area contributed by atoms with Crippen LogP contribution in [0.5, 0.6) is 0 Å². The number of nitrogens with zero attached hydrogens (tertiary/aromatic N) is 2. The number of aromatic nitrogens is 2. The van der Waals surface area contributed by atoms with Gasteiger partial charge in [-0.05, 0) is 12.6 Å². The van der Waals surface area contributed by atoms with Crippen LogP contribution in [0.4, 0.5) is 0 Å². The van der Waals surface area contributed by atoms with Gasteiger partial charge in [0, 0.05) is 32.7 Å². The van der Waals surface area contributed by atoms with Crippen LogP contribution >= 0.6 is 0 Å². The number of nitrogens with one attached hydrogen (secondary N) is 2. The third-order valence-electron chi connectivity index (χ3n) is 4.08. The van der Waals surface area contributed by atoms with E-state index >= 15 is 0 Å². The van der Waals surface area contributed by atoms with Crippen molar-refractivity contribution in [3.8, 4) is 11.3 Å². The number of benzene rings is 1. The highest BCUT2D eigenvalue weighted by molar-refractivity contribution is 5.62. The molecule has 3 rings (SSSR count). The van der Waals surface area contributed by atoms with Crippen LogP contribution in [0.25, 0.3) is 11.3 Å². The van der Waals surface area contributed by atoms with Crippen molar-refractivity contribution in [2.75, 3.05) is 33.2 Å². The van der Waals surface area contributed by atoms with E-state index in [-0.39, 0.29) is 5.56 Å². The highest BCUT2D eigenvalue weighted by atomic mass is 16.2. The lowest BCUT2D eigenvalue weighted by Gasteiger charge is -2.32. The van der Waals surface area contributed by atoms with Gasteiger partial charge in [0.1, 0.15) is 0 Å². The molecule has 0 bridgehead atoms. The van der Waals surface area contributed by atoms with Crippen molar-refractivity contribution in [2.24, 2.45) is 0 Å². The summed E-state index contributed by atoms with van der Waals surface area (Å²) in [6.45, 7) is 4.36. The summed E-state index contributed by atoms with van der Waals surface area (Å²) in [5.74, 6) is 0. The fourth-order valence-electron chi connectivity index (χ4n) is 2.74. The average Bonchev–Trinajstić information content (AvgIpc) is 2.52. The number of hydrogen-bond acceptors (Lipinski definition) is 4. The van der Waals surface area contributed by atoms with Gasteiger partial charge in [-0.15, -0.1) is 0 Å². The van der Waals surface area contributed by atoms with Gasteiger partial charge in [0.2, 0.25) is 0 Å². The van der Waals surface area contributed by atoms with Crippen LogP contribution in [-0.2, 0) is 6.54 Å². The van der Waals surface area contributed by atoms with Gasteiger partial charge in [-0.1, -0.05) is 30.3 Å². The van der Waals surface area contributed by atoms with E-state index in [9.17, 15) is 9.59 Å². The second-order valence-corrected chi connectivity index (χ2v) is 5.71. The quantitative estimate of drug-likeness (QED) is 0.865. The minimum Gasteiger partial charge on any atom is -0.307 e. The first-order chi connectivity index (χ1) is 10.6. The zero-order valence-corrected chi connectivity index (χ0v) is 12.6. The first-order valence-corrected chi connectivity index (χ1v) is 7.45. The molecule has 2 N–H and O–H groups in total. The predicted molar refractivity (Wildman–Crippen MR) is 85.9 cm³/mol. The Hall–Kier alpha value is -2.18. The molecule has 0 radical (unpaired) electrons. The van der Waals surface area contributed by atoms with Crippen LogP contribution in [0.2, 0.25) is 0 Å². The molecule has 116 valence electrons. The average molecular weight is 300 g/mol. The Kier molecular flexibility index (Phi) is 4.22. The molecule has 2 heterocycles. The molecular formula is C16H20N4O2. The molecule has 0 spiro atoms. The summed E-state index contributed by atoms with van der Waals surface area (Å²) in [7, 11) is 2.10. The molecule has 0 aliphatic carbocycles. The highest BCUT2D eigenvalue weighted by Gasteiger charge is 2.18. The van der Waals surface area contributed by atoms with Gasteiger partial charge in [-0.2, -0.15) is 0 Å². The molecule has 1 fully saturated rings. The summed E-state index contributed by atoms with van der Waals surface area (Å²) < 4.78 is 0. The number of aromatic amines is 2. The SMILES string of the molecule is CN1CCN(Cc2c(-c3ccccc3)[nH]c(=O)[nH]c2=O)CC1. The van der Waals surface area contributed by atoms with E-state index in [1.165, 1.54) is 0 Å². The Bertz CT molecular complexity index is 743. The molecule has 0 unspecified atom stereocenters. The van der Waals surface area contributed by atoms with Crippen LogP contribution in [0, 0.1) is 0 Å². The van der Waals surface area contributed by atoms with Crippen LogP contribution in [0.3, 0.4) is 0 Å². The number of piperazine rings is 1. The molecule has 6 heteroatoms. The predicted octanol–water partition coefficient (Wildman–Crippen LogP) is 0.478. The van der Waals surface area contributed by atoms with Gasteiger partial charge in [0.05, 0.1) is 11.3 Å². The molecule has 1 saturated heterocycles. The number of rotatable bonds is 3. The van der Waals surface area contributed by atoms with Gasteiger partial charge >= 0.3 is 5.69 Å². The summed E-state index contributed by atoms with van der Waals surface area (Å²) in [4.78, 5) is 33.5. The topological polar surface area (TPSA) is 72.2 Å². The molecule has 0 saturated carbocycles. The van der Waals surface area contributed by atoms with E-state index in [0.717, 1.165) is 31.7 Å². The number of H-pyrrole nitrogens is 2. The van der Waals surface area contributed by atoms with Crippen LogP contribution < -0.4 is 11.2 Å². The van der Waals surface area contributed by atoms with E-state index in [1.54, 1.807) is 0 Å². The second kappa shape index (κ2) is 6.29. The van der Waals surface area contributed by atoms with E-state index in [1.807, 2.05) is 30.3 Å². The molecule has 1 aliphatic heterocycles. The minimum absolute atomic E-state index is 0.304. The first kappa shape index (κ1) is 14.7. The zero-order valence-electron chi connectivity index (χ0n) is 12.6. The van der Waals surface area contributed by atoms with Crippen LogP contribution in [0.1, 0.15) is 5.56 Å². The molecular weight excluding hydrogens is 280 g/mol. The fourth-order valence-corrected chi connectivity index (χ4v) is 2.74. The third-order valence-corrected chi connectivity index (χ3v) is 4.08. The summed E-state index contributed by atoms with van der Waals surface area (Å²) in [5, 5.41) is 0. The highest BCUT2D eigenvalue weighted by Crippen LogP contribution is 2.19. The van der Waals surface area contributed by atoms with Crippen molar-refractivity contribution >= 4 is 0 Å². The zero-order chi connectivity index (χ0) is 15.5. The molecule has 1 aromatic carbocycles. The Balaban J connectivity index is 1.96. The molecule has 0 amide bonds. The fraction of sp³-hybridized carbons (Fsp3) is 0.375. The van der Waals surface area contributed by atoms with E-state index in [2.05, 4.69) is 26.8 Å². The Labute approximate surface area is 128 Å². The maximum absolute atomic E-state index is 12.3. The summed E-state index contributed by atoms with van der Waals surface area (Å²) in [6.07, 6.45) is 0. The maximum atomic E-state index is 12.3. The number of hydrogen-bond donors (Lipinski definition) is 2. The molecule has 0 atom stereocenters. The largest absolute Gasteiger partial charge is 0.326 e. The second-order valence-electron chi connectivity index (χ2n) is 5.71. The van der Waals surface area contributed by atoms with Gasteiger partial charge in [-0.25, -0.2) is 4.79 Å². The van der Waals surface area contributed by atoms with Crippen LogP contribution in [0.15, 0.2) is 39.9 Å². The molecule has 22 heavy (non-hydrogen) atoms. The minimum atomic E-state index is -0.467.